The number of carbonyl (C=O) groups excluding carboxylic acids is 1. The van der Waals surface area contributed by atoms with Crippen LogP contribution in [0, 0.1) is 5.82 Å². The van der Waals surface area contributed by atoms with Crippen molar-refractivity contribution in [1.29, 1.82) is 0 Å². The van der Waals surface area contributed by atoms with E-state index in [4.69, 9.17) is 0 Å². The maximum absolute atomic E-state index is 13.9. The van der Waals surface area contributed by atoms with E-state index in [1.807, 2.05) is 18.2 Å². The SMILES string of the molecule is CC(C)Sc1ccccc1C(=O)N1CCN(S(=O)(=O)c2ccccc2F)CC1. The van der Waals surface area contributed by atoms with Gasteiger partial charge < -0.3 is 4.90 Å². The molecule has 1 saturated heterocycles. The monoisotopic (exact) mass is 422 g/mol. The molecular weight excluding hydrogens is 399 g/mol. The fraction of sp³-hybridized carbons (Fsp3) is 0.350. The van der Waals surface area contributed by atoms with Crippen molar-refractivity contribution in [3.8, 4) is 0 Å². The van der Waals surface area contributed by atoms with Crippen molar-refractivity contribution in [1.82, 2.24) is 9.21 Å². The summed E-state index contributed by atoms with van der Waals surface area (Å²) < 4.78 is 40.6. The van der Waals surface area contributed by atoms with Crippen LogP contribution in [0.2, 0.25) is 0 Å². The second-order valence-electron chi connectivity index (χ2n) is 6.79. The second kappa shape index (κ2) is 8.63. The van der Waals surface area contributed by atoms with Crippen LogP contribution >= 0.6 is 11.8 Å². The first kappa shape index (κ1) is 20.8. The van der Waals surface area contributed by atoms with E-state index in [9.17, 15) is 17.6 Å². The maximum Gasteiger partial charge on any atom is 0.255 e. The summed E-state index contributed by atoms with van der Waals surface area (Å²) in [6, 6.07) is 12.8. The summed E-state index contributed by atoms with van der Waals surface area (Å²) in [6.07, 6.45) is 0. The Hall–Kier alpha value is -1.90. The highest BCUT2D eigenvalue weighted by molar-refractivity contribution is 8.00. The lowest BCUT2D eigenvalue weighted by Crippen LogP contribution is -2.50. The molecule has 0 N–H and O–H groups in total. The first-order valence-electron chi connectivity index (χ1n) is 9.10. The summed E-state index contributed by atoms with van der Waals surface area (Å²) in [5, 5.41) is 0.344. The van der Waals surface area contributed by atoms with E-state index in [2.05, 4.69) is 13.8 Å². The molecule has 0 spiro atoms. The molecule has 0 bridgehead atoms. The molecule has 1 heterocycles. The smallest absolute Gasteiger partial charge is 0.255 e. The number of thioether (sulfide) groups is 1. The summed E-state index contributed by atoms with van der Waals surface area (Å²) in [7, 11) is -3.91. The molecule has 0 saturated carbocycles. The summed E-state index contributed by atoms with van der Waals surface area (Å²) >= 11 is 1.63. The quantitative estimate of drug-likeness (QED) is 0.693. The van der Waals surface area contributed by atoms with Crippen LogP contribution in [-0.4, -0.2) is 55.0 Å². The highest BCUT2D eigenvalue weighted by Crippen LogP contribution is 2.28. The minimum Gasteiger partial charge on any atom is -0.336 e. The molecule has 1 amide bonds. The fourth-order valence-electron chi connectivity index (χ4n) is 3.09. The second-order valence-corrected chi connectivity index (χ2v) is 10.3. The third-order valence-electron chi connectivity index (χ3n) is 4.46. The van der Waals surface area contributed by atoms with Crippen molar-refractivity contribution in [3.05, 3.63) is 59.9 Å². The molecule has 28 heavy (non-hydrogen) atoms. The normalized spacial score (nSPS) is 15.8. The number of piperazine rings is 1. The van der Waals surface area contributed by atoms with Crippen LogP contribution in [0.15, 0.2) is 58.3 Å². The van der Waals surface area contributed by atoms with Gasteiger partial charge >= 0.3 is 0 Å². The molecule has 1 aliphatic heterocycles. The molecule has 1 aliphatic rings. The number of carbonyl (C=O) groups is 1. The minimum atomic E-state index is -3.91. The van der Waals surface area contributed by atoms with Crippen LogP contribution in [0.25, 0.3) is 0 Å². The van der Waals surface area contributed by atoms with Crippen molar-refractivity contribution in [2.24, 2.45) is 0 Å². The number of rotatable bonds is 5. The lowest BCUT2D eigenvalue weighted by Gasteiger charge is -2.34. The summed E-state index contributed by atoms with van der Waals surface area (Å²) in [6.45, 7) is 4.96. The number of hydrogen-bond donors (Lipinski definition) is 0. The van der Waals surface area contributed by atoms with E-state index in [-0.39, 0.29) is 37.0 Å². The van der Waals surface area contributed by atoms with Crippen LogP contribution in [0.3, 0.4) is 0 Å². The van der Waals surface area contributed by atoms with Gasteiger partial charge in [-0.05, 0) is 24.3 Å². The van der Waals surface area contributed by atoms with Crippen LogP contribution in [0.4, 0.5) is 4.39 Å². The molecule has 2 aromatic carbocycles. The summed E-state index contributed by atoms with van der Waals surface area (Å²) in [4.78, 5) is 15.2. The van der Waals surface area contributed by atoms with Crippen molar-refractivity contribution >= 4 is 27.7 Å². The van der Waals surface area contributed by atoms with Crippen LogP contribution in [-0.2, 0) is 10.0 Å². The molecule has 0 aromatic heterocycles. The molecule has 3 rings (SSSR count). The molecule has 1 fully saturated rings. The Bertz CT molecular complexity index is 955. The zero-order valence-corrected chi connectivity index (χ0v) is 17.5. The highest BCUT2D eigenvalue weighted by atomic mass is 32.2. The number of sulfonamides is 1. The molecule has 0 aliphatic carbocycles. The Morgan fingerprint density at radius 2 is 1.61 bits per heavy atom. The van der Waals surface area contributed by atoms with Gasteiger partial charge in [-0.25, -0.2) is 12.8 Å². The lowest BCUT2D eigenvalue weighted by molar-refractivity contribution is 0.0694. The van der Waals surface area contributed by atoms with E-state index in [1.54, 1.807) is 22.7 Å². The Kier molecular flexibility index (Phi) is 6.42. The third-order valence-corrected chi connectivity index (χ3v) is 7.47. The number of benzene rings is 2. The Morgan fingerprint density at radius 1 is 1.00 bits per heavy atom. The average molecular weight is 423 g/mol. The molecule has 5 nitrogen and oxygen atoms in total. The van der Waals surface area contributed by atoms with Crippen molar-refractivity contribution in [2.75, 3.05) is 26.2 Å². The van der Waals surface area contributed by atoms with E-state index in [0.29, 0.717) is 10.8 Å². The molecule has 8 heteroatoms. The van der Waals surface area contributed by atoms with Gasteiger partial charge in [0.2, 0.25) is 10.0 Å². The molecule has 2 aromatic rings. The molecular formula is C20H23FN2O3S2. The standard InChI is InChI=1S/C20H23FN2O3S2/c1-15(2)27-18-9-5-3-7-16(18)20(24)22-11-13-23(14-12-22)28(25,26)19-10-6-4-8-17(19)21/h3-10,15H,11-14H2,1-2H3. The zero-order valence-electron chi connectivity index (χ0n) is 15.8. The molecule has 150 valence electrons. The van der Waals surface area contributed by atoms with Crippen LogP contribution in [0.1, 0.15) is 24.2 Å². The summed E-state index contributed by atoms with van der Waals surface area (Å²) in [5.74, 6) is -0.868. The zero-order chi connectivity index (χ0) is 20.3. The molecule has 0 unspecified atom stereocenters. The van der Waals surface area contributed by atoms with Crippen LogP contribution in [0.5, 0.6) is 0 Å². The third kappa shape index (κ3) is 4.39. The van der Waals surface area contributed by atoms with E-state index in [1.165, 1.54) is 22.5 Å². The van der Waals surface area contributed by atoms with Crippen LogP contribution < -0.4 is 0 Å². The largest absolute Gasteiger partial charge is 0.336 e. The Balaban J connectivity index is 1.72. The number of nitrogens with zero attached hydrogens (tertiary/aromatic N) is 2. The van der Waals surface area contributed by atoms with Gasteiger partial charge in [0.1, 0.15) is 10.7 Å². The Morgan fingerprint density at radius 3 is 2.25 bits per heavy atom. The molecule has 0 radical (unpaired) electrons. The van der Waals surface area contributed by atoms with Gasteiger partial charge in [0.25, 0.3) is 5.91 Å². The molecule has 0 atom stereocenters. The van der Waals surface area contributed by atoms with Gasteiger partial charge in [0, 0.05) is 36.3 Å². The average Bonchev–Trinajstić information content (AvgIpc) is 2.68. The van der Waals surface area contributed by atoms with Gasteiger partial charge in [-0.3, -0.25) is 4.79 Å². The summed E-state index contributed by atoms with van der Waals surface area (Å²) in [5.41, 5.74) is 0.631. The van der Waals surface area contributed by atoms with Gasteiger partial charge in [0.05, 0.1) is 5.56 Å². The van der Waals surface area contributed by atoms with Gasteiger partial charge in [0.15, 0.2) is 0 Å². The lowest BCUT2D eigenvalue weighted by atomic mass is 10.2. The number of amides is 1. The first-order chi connectivity index (χ1) is 13.3. The van der Waals surface area contributed by atoms with Gasteiger partial charge in [-0.1, -0.05) is 38.1 Å². The predicted molar refractivity (Wildman–Crippen MR) is 108 cm³/mol. The number of halogens is 1. The number of hydrogen-bond acceptors (Lipinski definition) is 4. The van der Waals surface area contributed by atoms with E-state index >= 15 is 0 Å². The van der Waals surface area contributed by atoms with E-state index in [0.717, 1.165) is 11.0 Å². The van der Waals surface area contributed by atoms with Crippen molar-refractivity contribution < 1.29 is 17.6 Å². The van der Waals surface area contributed by atoms with Crippen molar-refractivity contribution in [3.63, 3.8) is 0 Å². The highest BCUT2D eigenvalue weighted by Gasteiger charge is 2.32. The maximum atomic E-state index is 13.9. The van der Waals surface area contributed by atoms with E-state index < -0.39 is 15.8 Å². The minimum absolute atomic E-state index is 0.105. The fourth-order valence-corrected chi connectivity index (χ4v) is 5.53. The first-order valence-corrected chi connectivity index (χ1v) is 11.4. The Labute approximate surface area is 169 Å². The van der Waals surface area contributed by atoms with Crippen molar-refractivity contribution in [2.45, 2.75) is 28.9 Å². The van der Waals surface area contributed by atoms with Gasteiger partial charge in [-0.2, -0.15) is 4.31 Å². The van der Waals surface area contributed by atoms with Gasteiger partial charge in [-0.15, -0.1) is 11.8 Å². The predicted octanol–water partition coefficient (Wildman–Crippen LogP) is 3.47. The topological polar surface area (TPSA) is 57.7 Å².